The lowest BCUT2D eigenvalue weighted by Gasteiger charge is -2.23. The average molecular weight is 300 g/mol. The lowest BCUT2D eigenvalue weighted by atomic mass is 9.82. The van der Waals surface area contributed by atoms with Gasteiger partial charge in [-0.15, -0.1) is 0 Å². The molecule has 112 valence electrons. The molecule has 0 bridgehead atoms. The van der Waals surface area contributed by atoms with Crippen molar-refractivity contribution in [2.24, 2.45) is 0 Å². The van der Waals surface area contributed by atoms with Crippen molar-refractivity contribution in [1.82, 2.24) is 9.97 Å². The summed E-state index contributed by atoms with van der Waals surface area (Å²) >= 11 is 0. The SMILES string of the molecule is O=C1CC(c2ccccc2)Cc2nc(-c3ccccc3)ncc21. The molecule has 3 nitrogen and oxygen atoms in total. The van der Waals surface area contributed by atoms with Crippen molar-refractivity contribution in [3.8, 4) is 11.4 Å². The van der Waals surface area contributed by atoms with Crippen molar-refractivity contribution >= 4 is 5.78 Å². The molecule has 0 radical (unpaired) electrons. The maximum absolute atomic E-state index is 12.4. The summed E-state index contributed by atoms with van der Waals surface area (Å²) in [6.45, 7) is 0. The van der Waals surface area contributed by atoms with Crippen molar-refractivity contribution in [1.29, 1.82) is 0 Å². The molecule has 23 heavy (non-hydrogen) atoms. The average Bonchev–Trinajstić information content (AvgIpc) is 2.63. The molecule has 1 heterocycles. The minimum Gasteiger partial charge on any atom is -0.294 e. The molecule has 0 N–H and O–H groups in total. The van der Waals surface area contributed by atoms with E-state index in [-0.39, 0.29) is 11.7 Å². The van der Waals surface area contributed by atoms with Crippen molar-refractivity contribution in [2.75, 3.05) is 0 Å². The number of rotatable bonds is 2. The van der Waals surface area contributed by atoms with Gasteiger partial charge in [-0.2, -0.15) is 0 Å². The maximum atomic E-state index is 12.4. The van der Waals surface area contributed by atoms with Crippen molar-refractivity contribution < 1.29 is 4.79 Å². The highest BCUT2D eigenvalue weighted by molar-refractivity contribution is 5.98. The summed E-state index contributed by atoms with van der Waals surface area (Å²) in [7, 11) is 0. The Morgan fingerprint density at radius 2 is 1.57 bits per heavy atom. The Kier molecular flexibility index (Phi) is 3.46. The smallest absolute Gasteiger partial charge is 0.166 e. The van der Waals surface area contributed by atoms with Gasteiger partial charge >= 0.3 is 0 Å². The zero-order valence-corrected chi connectivity index (χ0v) is 12.6. The van der Waals surface area contributed by atoms with Crippen molar-refractivity contribution in [3.05, 3.63) is 83.7 Å². The molecule has 0 spiro atoms. The standard InChI is InChI=1S/C20H16N2O/c23-19-12-16(14-7-3-1-4-8-14)11-18-17(19)13-21-20(22-18)15-9-5-2-6-10-15/h1-10,13,16H,11-12H2. The maximum Gasteiger partial charge on any atom is 0.166 e. The molecule has 1 aliphatic carbocycles. The van der Waals surface area contributed by atoms with E-state index in [1.165, 1.54) is 5.56 Å². The Morgan fingerprint density at radius 3 is 2.30 bits per heavy atom. The van der Waals surface area contributed by atoms with Crippen LogP contribution in [0.25, 0.3) is 11.4 Å². The summed E-state index contributed by atoms with van der Waals surface area (Å²) < 4.78 is 0. The second-order valence-corrected chi connectivity index (χ2v) is 5.86. The molecule has 4 rings (SSSR count). The Morgan fingerprint density at radius 1 is 0.870 bits per heavy atom. The quantitative estimate of drug-likeness (QED) is 0.717. The van der Waals surface area contributed by atoms with Crippen molar-refractivity contribution in [2.45, 2.75) is 18.8 Å². The molecule has 1 aromatic heterocycles. The first-order valence-electron chi connectivity index (χ1n) is 7.81. The number of hydrogen-bond acceptors (Lipinski definition) is 3. The van der Waals surface area contributed by atoms with E-state index in [9.17, 15) is 4.79 Å². The van der Waals surface area contributed by atoms with Crippen LogP contribution in [0.3, 0.4) is 0 Å². The van der Waals surface area contributed by atoms with Gasteiger partial charge in [0.2, 0.25) is 0 Å². The molecule has 0 saturated heterocycles. The number of fused-ring (bicyclic) bond motifs is 1. The number of aromatic nitrogens is 2. The van der Waals surface area contributed by atoms with Gasteiger partial charge in [0.05, 0.1) is 11.3 Å². The summed E-state index contributed by atoms with van der Waals surface area (Å²) in [5, 5.41) is 0. The predicted octanol–water partition coefficient (Wildman–Crippen LogP) is 4.06. The number of carbonyl (C=O) groups is 1. The number of Topliss-reactive ketones (excluding diaryl/α,β-unsaturated/α-hetero) is 1. The van der Waals surface area contributed by atoms with Crippen LogP contribution in [0.5, 0.6) is 0 Å². The van der Waals surface area contributed by atoms with Crippen LogP contribution in [0.2, 0.25) is 0 Å². The molecule has 1 aliphatic rings. The van der Waals surface area contributed by atoms with E-state index in [2.05, 4.69) is 22.1 Å². The minimum absolute atomic E-state index is 0.139. The number of carbonyl (C=O) groups excluding carboxylic acids is 1. The fourth-order valence-electron chi connectivity index (χ4n) is 3.13. The van der Waals surface area contributed by atoms with E-state index in [4.69, 9.17) is 0 Å². The van der Waals surface area contributed by atoms with Crippen LogP contribution in [-0.2, 0) is 6.42 Å². The molecule has 1 unspecified atom stereocenters. The summed E-state index contributed by atoms with van der Waals surface area (Å²) in [5.74, 6) is 1.03. The third-order valence-corrected chi connectivity index (χ3v) is 4.34. The Bertz CT molecular complexity index is 844. The number of benzene rings is 2. The predicted molar refractivity (Wildman–Crippen MR) is 89.3 cm³/mol. The first-order valence-corrected chi connectivity index (χ1v) is 7.81. The van der Waals surface area contributed by atoms with Gasteiger partial charge in [-0.1, -0.05) is 60.7 Å². The van der Waals surface area contributed by atoms with Crippen LogP contribution in [0.4, 0.5) is 0 Å². The highest BCUT2D eigenvalue weighted by Crippen LogP contribution is 2.32. The van der Waals surface area contributed by atoms with Crippen LogP contribution >= 0.6 is 0 Å². The molecule has 0 saturated carbocycles. The normalized spacial score (nSPS) is 16.9. The van der Waals surface area contributed by atoms with Crippen LogP contribution in [-0.4, -0.2) is 15.8 Å². The second-order valence-electron chi connectivity index (χ2n) is 5.86. The van der Waals surface area contributed by atoms with E-state index >= 15 is 0 Å². The van der Waals surface area contributed by atoms with Crippen LogP contribution in [0.15, 0.2) is 66.9 Å². The fourth-order valence-corrected chi connectivity index (χ4v) is 3.13. The van der Waals surface area contributed by atoms with Crippen LogP contribution < -0.4 is 0 Å². The van der Waals surface area contributed by atoms with Gasteiger partial charge in [0.25, 0.3) is 0 Å². The minimum atomic E-state index is 0.139. The van der Waals surface area contributed by atoms with Gasteiger partial charge in [-0.05, 0) is 17.9 Å². The first-order chi connectivity index (χ1) is 11.3. The topological polar surface area (TPSA) is 42.9 Å². The zero-order chi connectivity index (χ0) is 15.6. The zero-order valence-electron chi connectivity index (χ0n) is 12.6. The molecule has 2 aromatic carbocycles. The summed E-state index contributed by atoms with van der Waals surface area (Å²) in [6, 6.07) is 20.1. The highest BCUT2D eigenvalue weighted by atomic mass is 16.1. The molecular weight excluding hydrogens is 284 g/mol. The summed E-state index contributed by atoms with van der Waals surface area (Å²) in [6.07, 6.45) is 3.01. The van der Waals surface area contributed by atoms with Gasteiger partial charge in [0.1, 0.15) is 0 Å². The molecule has 3 heteroatoms. The van der Waals surface area contributed by atoms with E-state index in [1.807, 2.05) is 48.5 Å². The van der Waals surface area contributed by atoms with Gasteiger partial charge < -0.3 is 0 Å². The molecule has 0 fully saturated rings. The number of ketones is 1. The monoisotopic (exact) mass is 300 g/mol. The summed E-state index contributed by atoms with van der Waals surface area (Å²) in [4.78, 5) is 21.5. The van der Waals surface area contributed by atoms with E-state index in [1.54, 1.807) is 6.20 Å². The van der Waals surface area contributed by atoms with E-state index < -0.39 is 0 Å². The highest BCUT2D eigenvalue weighted by Gasteiger charge is 2.28. The lowest BCUT2D eigenvalue weighted by molar-refractivity contribution is 0.0962. The van der Waals surface area contributed by atoms with E-state index in [0.29, 0.717) is 17.8 Å². The molecular formula is C20H16N2O. The first kappa shape index (κ1) is 13.8. The Hall–Kier alpha value is -2.81. The largest absolute Gasteiger partial charge is 0.294 e. The van der Waals surface area contributed by atoms with Crippen LogP contribution in [0, 0.1) is 0 Å². The molecule has 0 amide bonds. The lowest BCUT2D eigenvalue weighted by Crippen LogP contribution is -2.20. The third-order valence-electron chi connectivity index (χ3n) is 4.34. The third kappa shape index (κ3) is 2.66. The second kappa shape index (κ2) is 5.76. The Labute approximate surface area is 135 Å². The summed E-state index contributed by atoms with van der Waals surface area (Å²) in [5.41, 5.74) is 3.72. The molecule has 0 aliphatic heterocycles. The van der Waals surface area contributed by atoms with Crippen molar-refractivity contribution in [3.63, 3.8) is 0 Å². The van der Waals surface area contributed by atoms with Gasteiger partial charge in [-0.3, -0.25) is 4.79 Å². The Balaban J connectivity index is 1.72. The van der Waals surface area contributed by atoms with E-state index in [0.717, 1.165) is 17.7 Å². The molecule has 3 aromatic rings. The number of nitrogens with zero attached hydrogens (tertiary/aromatic N) is 2. The van der Waals surface area contributed by atoms with Crippen LogP contribution in [0.1, 0.15) is 34.0 Å². The number of hydrogen-bond donors (Lipinski definition) is 0. The van der Waals surface area contributed by atoms with Gasteiger partial charge in [0.15, 0.2) is 11.6 Å². The van der Waals surface area contributed by atoms with Gasteiger partial charge in [0, 0.05) is 18.2 Å². The van der Waals surface area contributed by atoms with Gasteiger partial charge in [-0.25, -0.2) is 9.97 Å². The fraction of sp³-hybridized carbons (Fsp3) is 0.150. The molecule has 1 atom stereocenters.